The summed E-state index contributed by atoms with van der Waals surface area (Å²) in [6.45, 7) is 15.7. The molecule has 0 aliphatic heterocycles. The molecule has 0 saturated carbocycles. The van der Waals surface area contributed by atoms with E-state index in [4.69, 9.17) is 4.74 Å². The van der Waals surface area contributed by atoms with E-state index in [1.165, 1.54) is 16.7 Å². The number of likely N-dealkylation sites (N-methyl/N-ethyl adjacent to an activating group) is 1. The largest absolute Gasteiger partial charge is 0.383 e. The molecule has 0 aliphatic rings. The van der Waals surface area contributed by atoms with Crippen LogP contribution in [0.5, 0.6) is 0 Å². The molecular formula is C18H33NO. The lowest BCUT2D eigenvalue weighted by Gasteiger charge is -2.22. The molecule has 2 heteroatoms. The van der Waals surface area contributed by atoms with E-state index in [2.05, 4.69) is 57.8 Å². The first-order valence-corrected chi connectivity index (χ1v) is 7.61. The van der Waals surface area contributed by atoms with Crippen LogP contribution in [0.4, 0.5) is 0 Å². The van der Waals surface area contributed by atoms with Crippen LogP contribution in [-0.4, -0.2) is 32.2 Å². The van der Waals surface area contributed by atoms with Crippen LogP contribution in [0.3, 0.4) is 0 Å². The van der Waals surface area contributed by atoms with Gasteiger partial charge in [0.1, 0.15) is 0 Å². The van der Waals surface area contributed by atoms with E-state index in [-0.39, 0.29) is 5.41 Å². The first-order valence-electron chi connectivity index (χ1n) is 7.61. The van der Waals surface area contributed by atoms with Gasteiger partial charge in [0.2, 0.25) is 0 Å². The van der Waals surface area contributed by atoms with E-state index in [0.29, 0.717) is 0 Å². The highest BCUT2D eigenvalue weighted by Gasteiger charge is 2.14. The Morgan fingerprint density at radius 3 is 2.20 bits per heavy atom. The van der Waals surface area contributed by atoms with Crippen molar-refractivity contribution in [2.24, 2.45) is 0 Å². The van der Waals surface area contributed by atoms with Crippen molar-refractivity contribution in [2.75, 3.05) is 27.3 Å². The van der Waals surface area contributed by atoms with Gasteiger partial charge in [-0.3, -0.25) is 4.90 Å². The fourth-order valence-electron chi connectivity index (χ4n) is 2.02. The third-order valence-corrected chi connectivity index (χ3v) is 3.13. The third kappa shape index (κ3) is 7.06. The summed E-state index contributed by atoms with van der Waals surface area (Å²) < 4.78 is 5.11. The van der Waals surface area contributed by atoms with Gasteiger partial charge in [-0.25, -0.2) is 0 Å². The summed E-state index contributed by atoms with van der Waals surface area (Å²) in [6, 6.07) is 6.90. The van der Waals surface area contributed by atoms with Crippen molar-refractivity contribution in [3.05, 3.63) is 34.9 Å². The number of aryl methyl sites for hydroxylation is 1. The van der Waals surface area contributed by atoms with Crippen molar-refractivity contribution in [1.29, 1.82) is 0 Å². The Balaban J connectivity index is 0.00000172. The topological polar surface area (TPSA) is 12.5 Å². The molecule has 20 heavy (non-hydrogen) atoms. The molecule has 0 N–H and O–H groups in total. The minimum atomic E-state index is 0.214. The van der Waals surface area contributed by atoms with Crippen LogP contribution in [-0.2, 0) is 16.7 Å². The monoisotopic (exact) mass is 279 g/mol. The number of nitrogens with zero attached hydrogens (tertiary/aromatic N) is 1. The molecule has 1 aromatic rings. The first kappa shape index (κ1) is 19.1. The fraction of sp³-hybridized carbons (Fsp3) is 0.667. The number of rotatable bonds is 5. The Kier molecular flexibility index (Phi) is 8.75. The van der Waals surface area contributed by atoms with Gasteiger partial charge in [0.15, 0.2) is 0 Å². The van der Waals surface area contributed by atoms with Gasteiger partial charge in [0.05, 0.1) is 6.61 Å². The summed E-state index contributed by atoms with van der Waals surface area (Å²) in [4.78, 5) is 2.30. The number of methoxy groups -OCH3 is 1. The summed E-state index contributed by atoms with van der Waals surface area (Å²) in [6.07, 6.45) is 0. The third-order valence-electron chi connectivity index (χ3n) is 3.13. The molecule has 0 spiro atoms. The first-order chi connectivity index (χ1) is 9.32. The highest BCUT2D eigenvalue weighted by atomic mass is 16.5. The molecule has 0 radical (unpaired) electrons. The molecule has 0 unspecified atom stereocenters. The molecule has 116 valence electrons. The van der Waals surface area contributed by atoms with Crippen LogP contribution in [0.1, 0.15) is 51.3 Å². The molecule has 1 aromatic carbocycles. The zero-order chi connectivity index (χ0) is 15.8. The lowest BCUT2D eigenvalue weighted by molar-refractivity contribution is 0.158. The SMILES string of the molecule is CC.COCCN(C)Cc1cc(C)cc(C(C)(C)C)c1. The van der Waals surface area contributed by atoms with Crippen LogP contribution in [0.2, 0.25) is 0 Å². The molecule has 0 amide bonds. The van der Waals surface area contributed by atoms with Crippen LogP contribution < -0.4 is 0 Å². The predicted octanol–water partition coefficient (Wildman–Crippen LogP) is 4.40. The van der Waals surface area contributed by atoms with Gasteiger partial charge in [-0.1, -0.05) is 58.4 Å². The van der Waals surface area contributed by atoms with E-state index in [1.807, 2.05) is 13.8 Å². The lowest BCUT2D eigenvalue weighted by Crippen LogP contribution is -2.22. The fourth-order valence-corrected chi connectivity index (χ4v) is 2.02. The van der Waals surface area contributed by atoms with Gasteiger partial charge < -0.3 is 4.74 Å². The van der Waals surface area contributed by atoms with Crippen LogP contribution in [0, 0.1) is 6.92 Å². The van der Waals surface area contributed by atoms with E-state index in [9.17, 15) is 0 Å². The van der Waals surface area contributed by atoms with Gasteiger partial charge >= 0.3 is 0 Å². The Morgan fingerprint density at radius 2 is 1.70 bits per heavy atom. The normalized spacial score (nSPS) is 11.2. The van der Waals surface area contributed by atoms with E-state index in [0.717, 1.165) is 19.7 Å². The maximum absolute atomic E-state index is 5.11. The van der Waals surface area contributed by atoms with Gasteiger partial charge in [-0.15, -0.1) is 0 Å². The molecule has 0 atom stereocenters. The zero-order valence-electron chi connectivity index (χ0n) is 14.7. The van der Waals surface area contributed by atoms with Gasteiger partial charge in [0, 0.05) is 20.2 Å². The van der Waals surface area contributed by atoms with Crippen LogP contribution in [0.25, 0.3) is 0 Å². The second-order valence-corrected chi connectivity index (χ2v) is 6.19. The average Bonchev–Trinajstić information content (AvgIpc) is 2.37. The van der Waals surface area contributed by atoms with Crippen LogP contribution in [0.15, 0.2) is 18.2 Å². The summed E-state index contributed by atoms with van der Waals surface area (Å²) in [5.41, 5.74) is 4.36. The summed E-state index contributed by atoms with van der Waals surface area (Å²) >= 11 is 0. The highest BCUT2D eigenvalue weighted by Crippen LogP contribution is 2.24. The maximum atomic E-state index is 5.11. The van der Waals surface area contributed by atoms with Crippen molar-refractivity contribution < 1.29 is 4.74 Å². The number of ether oxygens (including phenoxy) is 1. The standard InChI is InChI=1S/C16H27NO.C2H6/c1-13-9-14(12-17(5)7-8-18-6)11-15(10-13)16(2,3)4;1-2/h9-11H,7-8,12H2,1-6H3;1-2H3. The molecule has 0 aromatic heterocycles. The van der Waals surface area contributed by atoms with E-state index >= 15 is 0 Å². The number of hydrogen-bond donors (Lipinski definition) is 0. The summed E-state index contributed by atoms with van der Waals surface area (Å²) in [5, 5.41) is 0. The molecule has 0 saturated heterocycles. The molecule has 0 fully saturated rings. The summed E-state index contributed by atoms with van der Waals surface area (Å²) in [7, 11) is 3.89. The Hall–Kier alpha value is -0.860. The minimum Gasteiger partial charge on any atom is -0.383 e. The van der Waals surface area contributed by atoms with Crippen molar-refractivity contribution >= 4 is 0 Å². The Bertz CT molecular complexity index is 379. The second-order valence-electron chi connectivity index (χ2n) is 6.19. The van der Waals surface area contributed by atoms with Crippen molar-refractivity contribution in [3.8, 4) is 0 Å². The molecule has 0 heterocycles. The van der Waals surface area contributed by atoms with Gasteiger partial charge in [0.25, 0.3) is 0 Å². The number of benzene rings is 1. The average molecular weight is 279 g/mol. The maximum Gasteiger partial charge on any atom is 0.0589 e. The molecule has 0 bridgehead atoms. The lowest BCUT2D eigenvalue weighted by atomic mass is 9.85. The van der Waals surface area contributed by atoms with E-state index in [1.54, 1.807) is 7.11 Å². The molecule has 1 rings (SSSR count). The highest BCUT2D eigenvalue weighted by molar-refractivity contribution is 5.33. The quantitative estimate of drug-likeness (QED) is 0.792. The molecule has 2 nitrogen and oxygen atoms in total. The molecule has 0 aliphatic carbocycles. The Labute approximate surface area is 126 Å². The van der Waals surface area contributed by atoms with E-state index < -0.39 is 0 Å². The minimum absolute atomic E-state index is 0.214. The zero-order valence-corrected chi connectivity index (χ0v) is 14.7. The Morgan fingerprint density at radius 1 is 1.10 bits per heavy atom. The van der Waals surface area contributed by atoms with Gasteiger partial charge in [-0.05, 0) is 30.5 Å². The molecular weight excluding hydrogens is 246 g/mol. The van der Waals surface area contributed by atoms with Gasteiger partial charge in [-0.2, -0.15) is 0 Å². The van der Waals surface area contributed by atoms with Crippen LogP contribution >= 0.6 is 0 Å². The van der Waals surface area contributed by atoms with Crippen molar-refractivity contribution in [1.82, 2.24) is 4.90 Å². The summed E-state index contributed by atoms with van der Waals surface area (Å²) in [5.74, 6) is 0. The predicted molar refractivity (Wildman–Crippen MR) is 89.4 cm³/mol. The smallest absolute Gasteiger partial charge is 0.0589 e. The van der Waals surface area contributed by atoms with Crippen molar-refractivity contribution in [2.45, 2.75) is 53.5 Å². The number of hydrogen-bond acceptors (Lipinski definition) is 2. The van der Waals surface area contributed by atoms with Crippen molar-refractivity contribution in [3.63, 3.8) is 0 Å². The second kappa shape index (κ2) is 9.15.